The van der Waals surface area contributed by atoms with Crippen LogP contribution in [0.1, 0.15) is 19.4 Å². The van der Waals surface area contributed by atoms with E-state index in [-0.39, 0.29) is 11.7 Å². The van der Waals surface area contributed by atoms with Crippen molar-refractivity contribution >= 4 is 17.4 Å². The van der Waals surface area contributed by atoms with Gasteiger partial charge in [-0.2, -0.15) is 0 Å². The number of nitrogens with one attached hydrogen (secondary N) is 1. The molecule has 0 radical (unpaired) electrons. The first-order chi connectivity index (χ1) is 7.07. The smallest absolute Gasteiger partial charge is 0.143 e. The predicted octanol–water partition coefficient (Wildman–Crippen LogP) is 3.44. The van der Waals surface area contributed by atoms with Crippen LogP contribution in [0.25, 0.3) is 5.76 Å². The van der Waals surface area contributed by atoms with Crippen LogP contribution in [0, 0.1) is 5.92 Å². The molecule has 0 fully saturated rings. The van der Waals surface area contributed by atoms with Crippen LogP contribution in [0.5, 0.6) is 0 Å². The second kappa shape index (κ2) is 5.08. The Morgan fingerprint density at radius 1 is 1.33 bits per heavy atom. The highest BCUT2D eigenvalue weighted by atomic mass is 35.5. The Morgan fingerprint density at radius 2 is 1.93 bits per heavy atom. The molecule has 15 heavy (non-hydrogen) atoms. The number of allylic oxidation sites excluding steroid dienone is 1. The van der Waals surface area contributed by atoms with Gasteiger partial charge in [-0.1, -0.05) is 37.6 Å². The highest BCUT2D eigenvalue weighted by molar-refractivity contribution is 6.32. The summed E-state index contributed by atoms with van der Waals surface area (Å²) < 4.78 is 0. The van der Waals surface area contributed by atoms with E-state index < -0.39 is 0 Å². The van der Waals surface area contributed by atoms with E-state index in [1.165, 1.54) is 0 Å². The molecule has 0 spiro atoms. The van der Waals surface area contributed by atoms with Crippen molar-refractivity contribution in [3.8, 4) is 0 Å². The summed E-state index contributed by atoms with van der Waals surface area (Å²) in [6, 6.07) is 7.26. The third-order valence-corrected chi connectivity index (χ3v) is 2.56. The van der Waals surface area contributed by atoms with Crippen LogP contribution in [0.2, 0.25) is 5.02 Å². The van der Waals surface area contributed by atoms with Gasteiger partial charge < -0.3 is 10.4 Å². The summed E-state index contributed by atoms with van der Waals surface area (Å²) in [5.74, 6) is 0.448. The van der Waals surface area contributed by atoms with Crippen LogP contribution in [0.4, 0.5) is 0 Å². The van der Waals surface area contributed by atoms with Crippen molar-refractivity contribution < 1.29 is 5.11 Å². The standard InChI is InChI=1S/C12H16ClNO/c1-8(2)11(14-3)12(15)9-6-4-5-7-10(9)13/h4-8,14-15H,1-3H3/b12-11-. The van der Waals surface area contributed by atoms with Gasteiger partial charge in [0.25, 0.3) is 0 Å². The fraction of sp³-hybridized carbons (Fsp3) is 0.333. The highest BCUT2D eigenvalue weighted by Crippen LogP contribution is 2.25. The molecule has 0 bridgehead atoms. The summed E-state index contributed by atoms with van der Waals surface area (Å²) in [5, 5.41) is 13.6. The third-order valence-electron chi connectivity index (χ3n) is 2.23. The third kappa shape index (κ3) is 2.66. The highest BCUT2D eigenvalue weighted by Gasteiger charge is 2.12. The van der Waals surface area contributed by atoms with Crippen LogP contribution >= 0.6 is 11.6 Å². The molecule has 0 amide bonds. The Labute approximate surface area is 95.6 Å². The van der Waals surface area contributed by atoms with Crippen molar-refractivity contribution in [2.75, 3.05) is 7.05 Å². The first-order valence-corrected chi connectivity index (χ1v) is 5.31. The Morgan fingerprint density at radius 3 is 2.40 bits per heavy atom. The normalized spacial score (nSPS) is 12.6. The van der Waals surface area contributed by atoms with Gasteiger partial charge in [0, 0.05) is 12.6 Å². The number of rotatable bonds is 3. The van der Waals surface area contributed by atoms with Crippen LogP contribution in [-0.2, 0) is 0 Å². The van der Waals surface area contributed by atoms with E-state index in [4.69, 9.17) is 11.6 Å². The lowest BCUT2D eigenvalue weighted by Gasteiger charge is -2.14. The summed E-state index contributed by atoms with van der Waals surface area (Å²) in [7, 11) is 1.79. The molecule has 0 aliphatic rings. The Bertz CT molecular complexity index is 372. The van der Waals surface area contributed by atoms with E-state index >= 15 is 0 Å². The zero-order chi connectivity index (χ0) is 11.4. The van der Waals surface area contributed by atoms with Gasteiger partial charge in [0.15, 0.2) is 0 Å². The number of aliphatic hydroxyl groups is 1. The van der Waals surface area contributed by atoms with E-state index in [1.54, 1.807) is 19.2 Å². The Hall–Kier alpha value is -1.15. The molecule has 82 valence electrons. The molecule has 0 saturated carbocycles. The number of hydrogen-bond donors (Lipinski definition) is 2. The minimum Gasteiger partial charge on any atom is -0.505 e. The molecule has 3 heteroatoms. The largest absolute Gasteiger partial charge is 0.505 e. The van der Waals surface area contributed by atoms with Crippen molar-refractivity contribution in [3.63, 3.8) is 0 Å². The molecular formula is C12H16ClNO. The van der Waals surface area contributed by atoms with E-state index in [0.717, 1.165) is 5.70 Å². The Kier molecular flexibility index (Phi) is 4.04. The molecule has 1 rings (SSSR count). The maximum atomic E-state index is 10.1. The van der Waals surface area contributed by atoms with Gasteiger partial charge in [0.2, 0.25) is 0 Å². The molecule has 0 saturated heterocycles. The van der Waals surface area contributed by atoms with Gasteiger partial charge >= 0.3 is 0 Å². The van der Waals surface area contributed by atoms with Gasteiger partial charge in [-0.15, -0.1) is 0 Å². The fourth-order valence-electron chi connectivity index (χ4n) is 1.48. The summed E-state index contributed by atoms with van der Waals surface area (Å²) in [6.07, 6.45) is 0. The number of halogens is 1. The summed E-state index contributed by atoms with van der Waals surface area (Å²) in [6.45, 7) is 4.03. The van der Waals surface area contributed by atoms with Crippen molar-refractivity contribution in [3.05, 3.63) is 40.5 Å². The number of hydrogen-bond acceptors (Lipinski definition) is 2. The molecule has 1 aromatic carbocycles. The monoisotopic (exact) mass is 225 g/mol. The summed E-state index contributed by atoms with van der Waals surface area (Å²) in [5.41, 5.74) is 1.46. The van der Waals surface area contributed by atoms with Crippen LogP contribution in [0.3, 0.4) is 0 Å². The van der Waals surface area contributed by atoms with Gasteiger partial charge in [-0.25, -0.2) is 0 Å². The van der Waals surface area contributed by atoms with Crippen LogP contribution in [-0.4, -0.2) is 12.2 Å². The average Bonchev–Trinajstić information content (AvgIpc) is 2.18. The topological polar surface area (TPSA) is 32.3 Å². The summed E-state index contributed by atoms with van der Waals surface area (Å²) >= 11 is 6.00. The minimum absolute atomic E-state index is 0.220. The average molecular weight is 226 g/mol. The maximum Gasteiger partial charge on any atom is 0.143 e. The van der Waals surface area contributed by atoms with Crippen LogP contribution in [0.15, 0.2) is 30.0 Å². The molecule has 0 heterocycles. The van der Waals surface area contributed by atoms with Gasteiger partial charge in [-0.05, 0) is 18.1 Å². The molecule has 0 atom stereocenters. The van der Waals surface area contributed by atoms with Gasteiger partial charge in [0.05, 0.1) is 10.7 Å². The molecule has 0 aliphatic carbocycles. The lowest BCUT2D eigenvalue weighted by atomic mass is 10.1. The van der Waals surface area contributed by atoms with Crippen LogP contribution < -0.4 is 5.32 Å². The fourth-order valence-corrected chi connectivity index (χ4v) is 1.70. The molecular weight excluding hydrogens is 210 g/mol. The first kappa shape index (κ1) is 11.9. The van der Waals surface area contributed by atoms with Gasteiger partial charge in [-0.3, -0.25) is 0 Å². The predicted molar refractivity (Wildman–Crippen MR) is 64.9 cm³/mol. The lowest BCUT2D eigenvalue weighted by Crippen LogP contribution is -2.14. The minimum atomic E-state index is 0.220. The quantitative estimate of drug-likeness (QED) is 0.773. The Balaban J connectivity index is 3.22. The van der Waals surface area contributed by atoms with Crippen molar-refractivity contribution in [2.45, 2.75) is 13.8 Å². The van der Waals surface area contributed by atoms with Crippen molar-refractivity contribution in [1.82, 2.24) is 5.32 Å². The number of benzene rings is 1. The second-order valence-corrected chi connectivity index (χ2v) is 4.05. The molecule has 0 aromatic heterocycles. The molecule has 0 aliphatic heterocycles. The zero-order valence-electron chi connectivity index (χ0n) is 9.21. The lowest BCUT2D eigenvalue weighted by molar-refractivity contribution is 0.490. The SMILES string of the molecule is CN/C(=C(\O)c1ccccc1Cl)C(C)C. The zero-order valence-corrected chi connectivity index (χ0v) is 9.97. The first-order valence-electron chi connectivity index (χ1n) is 4.93. The molecule has 2 nitrogen and oxygen atoms in total. The summed E-state index contributed by atoms with van der Waals surface area (Å²) in [4.78, 5) is 0. The molecule has 0 unspecified atom stereocenters. The van der Waals surface area contributed by atoms with E-state index in [0.29, 0.717) is 10.6 Å². The van der Waals surface area contributed by atoms with Crippen molar-refractivity contribution in [1.29, 1.82) is 0 Å². The number of aliphatic hydroxyl groups excluding tert-OH is 1. The van der Waals surface area contributed by atoms with E-state index in [2.05, 4.69) is 5.32 Å². The van der Waals surface area contributed by atoms with Crippen molar-refractivity contribution in [2.24, 2.45) is 5.92 Å². The second-order valence-electron chi connectivity index (χ2n) is 3.65. The van der Waals surface area contributed by atoms with E-state index in [9.17, 15) is 5.11 Å². The molecule has 1 aromatic rings. The maximum absolute atomic E-state index is 10.1. The van der Waals surface area contributed by atoms with Gasteiger partial charge in [0.1, 0.15) is 5.76 Å². The molecule has 2 N–H and O–H groups in total. The van der Waals surface area contributed by atoms with E-state index in [1.807, 2.05) is 26.0 Å².